The van der Waals surface area contributed by atoms with Gasteiger partial charge in [0.15, 0.2) is 0 Å². The van der Waals surface area contributed by atoms with E-state index in [1.54, 1.807) is 18.0 Å². The molecule has 0 aliphatic carbocycles. The molecule has 1 unspecified atom stereocenters. The Kier molecular flexibility index (Phi) is 7.64. The second kappa shape index (κ2) is 11.2. The van der Waals surface area contributed by atoms with E-state index in [1.165, 1.54) is 0 Å². The Hall–Kier alpha value is -3.53. The summed E-state index contributed by atoms with van der Waals surface area (Å²) in [6.07, 6.45) is 3.79. The molecule has 1 aliphatic rings. The molecule has 5 rings (SSSR count). The summed E-state index contributed by atoms with van der Waals surface area (Å²) >= 11 is 1.63. The van der Waals surface area contributed by atoms with Crippen LogP contribution in [-0.2, 0) is 6.54 Å². The molecule has 0 spiro atoms. The average Bonchev–Trinajstić information content (AvgIpc) is 2.95. The summed E-state index contributed by atoms with van der Waals surface area (Å²) in [5.41, 5.74) is 4.89. The van der Waals surface area contributed by atoms with E-state index in [-0.39, 0.29) is 18.6 Å². The van der Waals surface area contributed by atoms with Crippen LogP contribution in [0, 0.1) is 6.92 Å². The van der Waals surface area contributed by atoms with E-state index in [1.807, 2.05) is 67.8 Å². The summed E-state index contributed by atoms with van der Waals surface area (Å²) in [5, 5.41) is 16.7. The highest BCUT2D eigenvalue weighted by Crippen LogP contribution is 2.23. The minimum atomic E-state index is -0.128. The third-order valence-corrected chi connectivity index (χ3v) is 7.41. The lowest BCUT2D eigenvalue weighted by molar-refractivity contribution is 0.0950. The molecule has 37 heavy (non-hydrogen) atoms. The number of aromatic nitrogens is 3. The fraction of sp³-hybridized carbons (Fsp3) is 0.286. The number of benzene rings is 1. The molecule has 8 nitrogen and oxygen atoms in total. The van der Waals surface area contributed by atoms with Crippen molar-refractivity contribution in [1.29, 1.82) is 0 Å². The van der Waals surface area contributed by atoms with Crippen LogP contribution >= 0.6 is 11.8 Å². The average molecular weight is 515 g/mol. The Balaban J connectivity index is 1.33. The highest BCUT2D eigenvalue weighted by Gasteiger charge is 2.20. The van der Waals surface area contributed by atoms with Gasteiger partial charge in [0.05, 0.1) is 35.8 Å². The van der Waals surface area contributed by atoms with Gasteiger partial charge in [0.1, 0.15) is 5.82 Å². The Morgan fingerprint density at radius 3 is 2.86 bits per heavy atom. The summed E-state index contributed by atoms with van der Waals surface area (Å²) < 4.78 is 0. The van der Waals surface area contributed by atoms with E-state index >= 15 is 0 Å². The molecule has 0 bridgehead atoms. The number of rotatable bonds is 7. The number of carbonyl (C=O) groups is 1. The van der Waals surface area contributed by atoms with Crippen LogP contribution in [0.15, 0.2) is 65.7 Å². The molecule has 1 saturated heterocycles. The standard InChI is InChI=1S/C28H30N6O2S/c1-18-6-7-19(12-26(18)37-2)28(36)31-15-21-13-25-20(14-30-21)8-9-24(32-25)23-4-3-5-27(33-23)34-11-10-29-22(16-34)17-35/h3-9,12-14,22,29,35H,10-11,15-17H2,1-2H3,(H,31,36). The van der Waals surface area contributed by atoms with Gasteiger partial charge in [0, 0.05) is 47.7 Å². The van der Waals surface area contributed by atoms with E-state index in [2.05, 4.69) is 20.5 Å². The number of thioether (sulfide) groups is 1. The van der Waals surface area contributed by atoms with Gasteiger partial charge in [0.2, 0.25) is 0 Å². The number of nitrogens with one attached hydrogen (secondary N) is 2. The first-order valence-electron chi connectivity index (χ1n) is 12.3. The summed E-state index contributed by atoms with van der Waals surface area (Å²) in [4.78, 5) is 30.2. The van der Waals surface area contributed by atoms with Crippen LogP contribution < -0.4 is 15.5 Å². The van der Waals surface area contributed by atoms with Crippen LogP contribution in [0.25, 0.3) is 22.3 Å². The van der Waals surface area contributed by atoms with E-state index in [0.717, 1.165) is 57.4 Å². The van der Waals surface area contributed by atoms with Gasteiger partial charge >= 0.3 is 0 Å². The number of pyridine rings is 3. The summed E-state index contributed by atoms with van der Waals surface area (Å²) in [7, 11) is 0. The molecule has 4 heterocycles. The van der Waals surface area contributed by atoms with Crippen molar-refractivity contribution in [2.24, 2.45) is 0 Å². The number of nitrogens with zero attached hydrogens (tertiary/aromatic N) is 4. The first-order valence-corrected chi connectivity index (χ1v) is 13.5. The Labute approximate surface area is 220 Å². The zero-order valence-electron chi connectivity index (χ0n) is 20.9. The molecule has 3 N–H and O–H groups in total. The monoisotopic (exact) mass is 514 g/mol. The molecule has 9 heteroatoms. The number of aryl methyl sites for hydroxylation is 1. The van der Waals surface area contributed by atoms with E-state index in [4.69, 9.17) is 9.97 Å². The van der Waals surface area contributed by atoms with E-state index in [9.17, 15) is 9.90 Å². The highest BCUT2D eigenvalue weighted by atomic mass is 32.2. The van der Waals surface area contributed by atoms with Gasteiger partial charge in [-0.25, -0.2) is 9.97 Å². The number of aliphatic hydroxyl groups is 1. The number of aliphatic hydroxyl groups excluding tert-OH is 1. The lowest BCUT2D eigenvalue weighted by atomic mass is 10.1. The summed E-state index contributed by atoms with van der Waals surface area (Å²) in [6.45, 7) is 4.80. The SMILES string of the molecule is CSc1cc(C(=O)NCc2cc3nc(-c4cccc(N5CCNC(CO)C5)n4)ccc3cn2)ccc1C. The number of piperazine rings is 1. The molecule has 0 saturated carbocycles. The predicted octanol–water partition coefficient (Wildman–Crippen LogP) is 3.42. The zero-order valence-corrected chi connectivity index (χ0v) is 21.8. The van der Waals surface area contributed by atoms with Crippen LogP contribution in [-0.4, -0.2) is 64.5 Å². The van der Waals surface area contributed by atoms with Crippen molar-refractivity contribution >= 4 is 34.4 Å². The number of hydrogen-bond acceptors (Lipinski definition) is 8. The Morgan fingerprint density at radius 2 is 2.03 bits per heavy atom. The molecule has 1 fully saturated rings. The second-order valence-corrected chi connectivity index (χ2v) is 9.94. The molecule has 1 aromatic carbocycles. The van der Waals surface area contributed by atoms with Crippen molar-refractivity contribution in [2.75, 3.05) is 37.4 Å². The van der Waals surface area contributed by atoms with Crippen LogP contribution in [0.2, 0.25) is 0 Å². The van der Waals surface area contributed by atoms with E-state index in [0.29, 0.717) is 18.7 Å². The quantitative estimate of drug-likeness (QED) is 0.323. The number of carbonyl (C=O) groups excluding carboxylic acids is 1. The predicted molar refractivity (Wildman–Crippen MR) is 148 cm³/mol. The van der Waals surface area contributed by atoms with Crippen molar-refractivity contribution in [3.05, 3.63) is 77.6 Å². The molecule has 0 radical (unpaired) electrons. The molecule has 1 atom stereocenters. The lowest BCUT2D eigenvalue weighted by Gasteiger charge is -2.33. The van der Waals surface area contributed by atoms with Gasteiger partial charge < -0.3 is 20.6 Å². The number of hydrogen-bond donors (Lipinski definition) is 3. The van der Waals surface area contributed by atoms with Crippen molar-refractivity contribution in [1.82, 2.24) is 25.6 Å². The lowest BCUT2D eigenvalue weighted by Crippen LogP contribution is -2.52. The van der Waals surface area contributed by atoms with Crippen molar-refractivity contribution in [3.8, 4) is 11.4 Å². The van der Waals surface area contributed by atoms with Crippen LogP contribution in [0.3, 0.4) is 0 Å². The fourth-order valence-corrected chi connectivity index (χ4v) is 5.06. The molecule has 1 aliphatic heterocycles. The summed E-state index contributed by atoms with van der Waals surface area (Å²) in [6, 6.07) is 17.6. The number of fused-ring (bicyclic) bond motifs is 1. The molecular formula is C28H30N6O2S. The largest absolute Gasteiger partial charge is 0.395 e. The zero-order chi connectivity index (χ0) is 25.8. The van der Waals surface area contributed by atoms with Crippen molar-refractivity contribution < 1.29 is 9.90 Å². The van der Waals surface area contributed by atoms with Gasteiger partial charge in [-0.1, -0.05) is 12.1 Å². The first kappa shape index (κ1) is 25.1. The van der Waals surface area contributed by atoms with E-state index < -0.39 is 0 Å². The van der Waals surface area contributed by atoms with Gasteiger partial charge in [-0.15, -0.1) is 11.8 Å². The maximum atomic E-state index is 12.7. The molecule has 190 valence electrons. The van der Waals surface area contributed by atoms with Gasteiger partial charge in [-0.05, 0) is 61.2 Å². The number of amides is 1. The van der Waals surface area contributed by atoms with Gasteiger partial charge in [-0.3, -0.25) is 9.78 Å². The van der Waals surface area contributed by atoms with Gasteiger partial charge in [-0.2, -0.15) is 0 Å². The summed E-state index contributed by atoms with van der Waals surface area (Å²) in [5.74, 6) is 0.745. The third-order valence-electron chi connectivity index (χ3n) is 6.53. The van der Waals surface area contributed by atoms with Crippen LogP contribution in [0.1, 0.15) is 21.6 Å². The second-order valence-electron chi connectivity index (χ2n) is 9.09. The van der Waals surface area contributed by atoms with Gasteiger partial charge in [0.25, 0.3) is 5.91 Å². The first-order chi connectivity index (χ1) is 18.0. The minimum absolute atomic E-state index is 0.0444. The molecule has 1 amide bonds. The fourth-order valence-electron chi connectivity index (χ4n) is 4.43. The maximum absolute atomic E-state index is 12.7. The number of anilines is 1. The third kappa shape index (κ3) is 5.74. The van der Waals surface area contributed by atoms with Crippen molar-refractivity contribution in [3.63, 3.8) is 0 Å². The molecular weight excluding hydrogens is 484 g/mol. The smallest absolute Gasteiger partial charge is 0.251 e. The topological polar surface area (TPSA) is 103 Å². The maximum Gasteiger partial charge on any atom is 0.251 e. The molecule has 3 aromatic heterocycles. The highest BCUT2D eigenvalue weighted by molar-refractivity contribution is 7.98. The van der Waals surface area contributed by atoms with Crippen LogP contribution in [0.5, 0.6) is 0 Å². The normalized spacial score (nSPS) is 15.6. The molecule has 4 aromatic rings. The van der Waals surface area contributed by atoms with Crippen molar-refractivity contribution in [2.45, 2.75) is 24.4 Å². The van der Waals surface area contributed by atoms with Crippen LogP contribution in [0.4, 0.5) is 5.82 Å². The Bertz CT molecular complexity index is 1430. The minimum Gasteiger partial charge on any atom is -0.395 e. The Morgan fingerprint density at radius 1 is 1.16 bits per heavy atom.